The molecule has 1 rings (SSSR count). The van der Waals surface area contributed by atoms with Crippen molar-refractivity contribution in [3.63, 3.8) is 0 Å². The molecule has 5 heteroatoms. The fourth-order valence-corrected chi connectivity index (χ4v) is 2.30. The third kappa shape index (κ3) is 1.79. The molecule has 0 saturated carbocycles. The molecule has 0 aromatic rings. The molecule has 1 saturated heterocycles. The van der Waals surface area contributed by atoms with Gasteiger partial charge in [0, 0.05) is 19.1 Å². The van der Waals surface area contributed by atoms with Gasteiger partial charge in [0.25, 0.3) is 0 Å². The van der Waals surface area contributed by atoms with Gasteiger partial charge in [-0.25, -0.2) is 8.42 Å². The summed E-state index contributed by atoms with van der Waals surface area (Å²) in [6, 6.07) is 0.0228. The summed E-state index contributed by atoms with van der Waals surface area (Å²) in [5.74, 6) is 0.0136. The molecule has 0 spiro atoms. The summed E-state index contributed by atoms with van der Waals surface area (Å²) in [7, 11) is -3.07. The maximum atomic E-state index is 11.2. The average molecular weight is 176 g/mol. The highest BCUT2D eigenvalue weighted by atomic mass is 32.2. The number of nitrogens with zero attached hydrogens (tertiary/aromatic N) is 1. The summed E-state index contributed by atoms with van der Waals surface area (Å²) in [6.45, 7) is 4.28. The summed E-state index contributed by atoms with van der Waals surface area (Å²) >= 11 is 0. The predicted octanol–water partition coefficient (Wildman–Crippen LogP) is -0.855. The van der Waals surface area contributed by atoms with E-state index in [1.165, 1.54) is 10.4 Å². The lowest BCUT2D eigenvalue weighted by Crippen LogP contribution is -2.58. The Morgan fingerprint density at radius 2 is 2.18 bits per heavy atom. The van der Waals surface area contributed by atoms with Gasteiger partial charge < -0.3 is 5.73 Å². The Balaban J connectivity index is 2.54. The zero-order valence-corrected chi connectivity index (χ0v) is 7.05. The van der Waals surface area contributed by atoms with Crippen molar-refractivity contribution in [1.29, 1.82) is 0 Å². The molecule has 0 amide bonds. The second-order valence-corrected chi connectivity index (χ2v) is 4.66. The fourth-order valence-electron chi connectivity index (χ4n) is 0.951. The minimum Gasteiger partial charge on any atom is -0.325 e. The van der Waals surface area contributed by atoms with E-state index in [2.05, 4.69) is 6.58 Å². The summed E-state index contributed by atoms with van der Waals surface area (Å²) in [4.78, 5) is 0. The van der Waals surface area contributed by atoms with Crippen LogP contribution in [0.25, 0.3) is 0 Å². The van der Waals surface area contributed by atoms with Crippen molar-refractivity contribution in [2.75, 3.05) is 18.8 Å². The van der Waals surface area contributed by atoms with Gasteiger partial charge in [-0.15, -0.1) is 6.58 Å². The average Bonchev–Trinajstić information content (AvgIpc) is 1.81. The second-order valence-electron chi connectivity index (χ2n) is 2.64. The van der Waals surface area contributed by atoms with Gasteiger partial charge in [0.2, 0.25) is 10.0 Å². The van der Waals surface area contributed by atoms with E-state index in [0.717, 1.165) is 0 Å². The Bertz CT molecular complexity index is 241. The van der Waals surface area contributed by atoms with Crippen molar-refractivity contribution in [1.82, 2.24) is 4.31 Å². The maximum Gasteiger partial charge on any atom is 0.217 e. The second kappa shape index (κ2) is 2.92. The lowest BCUT2D eigenvalue weighted by atomic mass is 10.2. The Hall–Kier alpha value is -0.390. The van der Waals surface area contributed by atoms with E-state index < -0.39 is 10.0 Å². The molecule has 0 radical (unpaired) electrons. The van der Waals surface area contributed by atoms with Crippen molar-refractivity contribution >= 4 is 10.0 Å². The van der Waals surface area contributed by atoms with Crippen LogP contribution in [-0.4, -0.2) is 37.6 Å². The Kier molecular flexibility index (Phi) is 2.31. The van der Waals surface area contributed by atoms with Crippen LogP contribution < -0.4 is 5.73 Å². The van der Waals surface area contributed by atoms with Crippen molar-refractivity contribution in [2.24, 2.45) is 5.73 Å². The molecule has 4 nitrogen and oxygen atoms in total. The highest BCUT2D eigenvalue weighted by Crippen LogP contribution is 2.11. The smallest absolute Gasteiger partial charge is 0.217 e. The molecular weight excluding hydrogens is 164 g/mol. The van der Waals surface area contributed by atoms with E-state index in [0.29, 0.717) is 13.1 Å². The van der Waals surface area contributed by atoms with Crippen LogP contribution in [0, 0.1) is 0 Å². The van der Waals surface area contributed by atoms with Gasteiger partial charge in [0.1, 0.15) is 0 Å². The van der Waals surface area contributed by atoms with Gasteiger partial charge in [-0.1, -0.05) is 6.08 Å². The van der Waals surface area contributed by atoms with Gasteiger partial charge >= 0.3 is 0 Å². The largest absolute Gasteiger partial charge is 0.325 e. The molecule has 0 aromatic carbocycles. The first-order chi connectivity index (χ1) is 5.06. The lowest BCUT2D eigenvalue weighted by molar-refractivity contribution is 0.266. The van der Waals surface area contributed by atoms with Crippen LogP contribution in [0.1, 0.15) is 0 Å². The monoisotopic (exact) mass is 176 g/mol. The summed E-state index contributed by atoms with van der Waals surface area (Å²) < 4.78 is 23.7. The number of nitrogens with two attached hydrogens (primary N) is 1. The zero-order valence-electron chi connectivity index (χ0n) is 6.23. The van der Waals surface area contributed by atoms with Gasteiger partial charge in [-0.3, -0.25) is 0 Å². The molecule has 64 valence electrons. The number of sulfonamides is 1. The quantitative estimate of drug-likeness (QED) is 0.569. The Labute approximate surface area is 66.7 Å². The lowest BCUT2D eigenvalue weighted by Gasteiger charge is -2.35. The van der Waals surface area contributed by atoms with Gasteiger partial charge in [-0.05, 0) is 0 Å². The molecule has 1 aliphatic rings. The van der Waals surface area contributed by atoms with Crippen LogP contribution in [0.5, 0.6) is 0 Å². The molecule has 11 heavy (non-hydrogen) atoms. The van der Waals surface area contributed by atoms with Crippen molar-refractivity contribution in [3.8, 4) is 0 Å². The van der Waals surface area contributed by atoms with E-state index in [1.807, 2.05) is 0 Å². The first kappa shape index (κ1) is 8.70. The molecule has 0 unspecified atom stereocenters. The zero-order chi connectivity index (χ0) is 8.48. The molecule has 0 atom stereocenters. The minimum absolute atomic E-state index is 0.0136. The SMILES string of the molecule is C=CCS(=O)(=O)N1CC(N)C1. The summed E-state index contributed by atoms with van der Waals surface area (Å²) in [6.07, 6.45) is 1.39. The van der Waals surface area contributed by atoms with E-state index in [-0.39, 0.29) is 11.8 Å². The number of hydrogen-bond donors (Lipinski definition) is 1. The highest BCUT2D eigenvalue weighted by molar-refractivity contribution is 7.89. The van der Waals surface area contributed by atoms with Crippen LogP contribution in [-0.2, 0) is 10.0 Å². The van der Waals surface area contributed by atoms with Crippen LogP contribution in [0.4, 0.5) is 0 Å². The van der Waals surface area contributed by atoms with Gasteiger partial charge in [0.15, 0.2) is 0 Å². The standard InChI is InChI=1S/C6H12N2O2S/c1-2-3-11(9,10)8-4-6(7)5-8/h2,6H,1,3-5,7H2. The van der Waals surface area contributed by atoms with Gasteiger partial charge in [0.05, 0.1) is 5.75 Å². The van der Waals surface area contributed by atoms with Crippen molar-refractivity contribution in [2.45, 2.75) is 6.04 Å². The van der Waals surface area contributed by atoms with Crippen LogP contribution in [0.15, 0.2) is 12.7 Å². The van der Waals surface area contributed by atoms with Gasteiger partial charge in [-0.2, -0.15) is 4.31 Å². The normalized spacial score (nSPS) is 21.2. The molecule has 1 fully saturated rings. The van der Waals surface area contributed by atoms with E-state index >= 15 is 0 Å². The molecule has 1 heterocycles. The first-order valence-corrected chi connectivity index (χ1v) is 5.01. The Morgan fingerprint density at radius 1 is 1.64 bits per heavy atom. The van der Waals surface area contributed by atoms with Crippen LogP contribution in [0.2, 0.25) is 0 Å². The number of rotatable bonds is 3. The third-order valence-corrected chi connectivity index (χ3v) is 3.34. The molecule has 2 N–H and O–H groups in total. The molecular formula is C6H12N2O2S. The molecule has 0 bridgehead atoms. The van der Waals surface area contributed by atoms with Crippen molar-refractivity contribution < 1.29 is 8.42 Å². The van der Waals surface area contributed by atoms with E-state index in [1.54, 1.807) is 0 Å². The number of hydrogen-bond acceptors (Lipinski definition) is 3. The Morgan fingerprint density at radius 3 is 2.55 bits per heavy atom. The van der Waals surface area contributed by atoms with Crippen LogP contribution >= 0.6 is 0 Å². The summed E-state index contributed by atoms with van der Waals surface area (Å²) in [5.41, 5.74) is 5.43. The highest BCUT2D eigenvalue weighted by Gasteiger charge is 2.32. The fraction of sp³-hybridized carbons (Fsp3) is 0.667. The molecule has 0 aliphatic carbocycles. The predicted molar refractivity (Wildman–Crippen MR) is 43.5 cm³/mol. The maximum absolute atomic E-state index is 11.2. The molecule has 0 aromatic heterocycles. The summed E-state index contributed by atoms with van der Waals surface area (Å²) in [5, 5.41) is 0. The first-order valence-electron chi connectivity index (χ1n) is 3.40. The van der Waals surface area contributed by atoms with E-state index in [9.17, 15) is 8.42 Å². The minimum atomic E-state index is -3.07. The van der Waals surface area contributed by atoms with Crippen molar-refractivity contribution in [3.05, 3.63) is 12.7 Å². The third-order valence-electron chi connectivity index (χ3n) is 1.60. The topological polar surface area (TPSA) is 63.4 Å². The molecule has 1 aliphatic heterocycles. The van der Waals surface area contributed by atoms with Crippen LogP contribution in [0.3, 0.4) is 0 Å². The van der Waals surface area contributed by atoms with E-state index in [4.69, 9.17) is 5.73 Å².